The summed E-state index contributed by atoms with van der Waals surface area (Å²) in [5.41, 5.74) is 8.23. The number of rotatable bonds is 8. The van der Waals surface area contributed by atoms with Crippen molar-refractivity contribution in [2.75, 3.05) is 18.5 Å². The molecule has 184 valence electrons. The molecule has 2 radical (unpaired) electrons. The fraction of sp³-hybridized carbons (Fsp3) is 0.150. The molecule has 15 heteroatoms. The Morgan fingerprint density at radius 1 is 1.09 bits per heavy atom. The van der Waals surface area contributed by atoms with Crippen LogP contribution in [0.1, 0.15) is 6.92 Å². The summed E-state index contributed by atoms with van der Waals surface area (Å²) in [6, 6.07) is 6.09. The van der Waals surface area contributed by atoms with Crippen LogP contribution < -0.4 is 15.6 Å². The van der Waals surface area contributed by atoms with E-state index in [2.05, 4.69) is 10.4 Å². The second-order valence-corrected chi connectivity index (χ2v) is 9.95. The molecule has 3 rings (SSSR count). The Morgan fingerprint density at radius 3 is 2.31 bits per heavy atom. The molecule has 0 saturated carbocycles. The van der Waals surface area contributed by atoms with Crippen LogP contribution in [0.4, 0.5) is 11.4 Å². The van der Waals surface area contributed by atoms with Gasteiger partial charge in [0.15, 0.2) is 0 Å². The van der Waals surface area contributed by atoms with Gasteiger partial charge in [0.25, 0.3) is 20.2 Å². The molecule has 0 atom stereocenters. The molecular weight excluding hydrogens is 506 g/mol. The van der Waals surface area contributed by atoms with E-state index in [4.69, 9.17) is 4.74 Å². The van der Waals surface area contributed by atoms with Crippen LogP contribution in [0.2, 0.25) is 0 Å². The number of hydrogen-bond donors (Lipinski definition) is 4. The first kappa shape index (κ1) is 26.0. The van der Waals surface area contributed by atoms with Gasteiger partial charge in [-0.1, -0.05) is 6.07 Å². The van der Waals surface area contributed by atoms with Gasteiger partial charge in [0.05, 0.1) is 10.6 Å². The van der Waals surface area contributed by atoms with Crippen molar-refractivity contribution in [3.63, 3.8) is 0 Å². The molecule has 3 aromatic carbocycles. The van der Waals surface area contributed by atoms with Crippen LogP contribution in [0.25, 0.3) is 21.9 Å². The molecule has 0 spiro atoms. The standard InChI is InChI=1S/C20H17N3O10S2/c1-10(25)22-15-9-13(34(27,28)29)6-12-8-17(35(30,31)32)19(20(26)18(12)15)11-2-3-16(33-5-4-24)14(7-11)23-21/h2-3,6-9,26H,4-5H2,1H3,(H,22,25)(H,27,28,29)(H,30,31,32). The molecule has 0 heterocycles. The Morgan fingerprint density at radius 2 is 1.77 bits per heavy atom. The molecule has 0 saturated heterocycles. The molecule has 0 aliphatic rings. The molecule has 13 nitrogen and oxygen atoms in total. The first-order chi connectivity index (χ1) is 16.3. The van der Waals surface area contributed by atoms with Crippen molar-refractivity contribution in [3.8, 4) is 22.6 Å². The number of anilines is 1. The number of hydrogen-bond acceptors (Lipinski definition) is 8. The van der Waals surface area contributed by atoms with Gasteiger partial charge in [-0.25, -0.2) is 5.11 Å². The molecule has 1 amide bonds. The van der Waals surface area contributed by atoms with Gasteiger partial charge in [-0.05, 0) is 46.8 Å². The smallest absolute Gasteiger partial charge is 0.295 e. The summed E-state index contributed by atoms with van der Waals surface area (Å²) in [5, 5.41) is 26.6. The van der Waals surface area contributed by atoms with E-state index in [0.717, 1.165) is 31.2 Å². The lowest BCUT2D eigenvalue weighted by atomic mass is 9.97. The average molecular weight is 524 g/mol. The molecule has 35 heavy (non-hydrogen) atoms. The van der Waals surface area contributed by atoms with E-state index in [-0.39, 0.29) is 40.1 Å². The quantitative estimate of drug-likeness (QED) is 0.251. The second kappa shape index (κ2) is 9.55. The van der Waals surface area contributed by atoms with E-state index in [1.807, 2.05) is 0 Å². The minimum atomic E-state index is -5.05. The zero-order valence-electron chi connectivity index (χ0n) is 17.8. The third-order valence-corrected chi connectivity index (χ3v) is 6.44. The monoisotopic (exact) mass is 523 g/mol. The van der Waals surface area contributed by atoms with Crippen molar-refractivity contribution < 1.29 is 45.7 Å². The van der Waals surface area contributed by atoms with Gasteiger partial charge in [0.2, 0.25) is 5.91 Å². The number of carbonyl (C=O) groups is 1. The summed E-state index contributed by atoms with van der Waals surface area (Å²) in [6.45, 7) is 0.240. The van der Waals surface area contributed by atoms with Gasteiger partial charge < -0.3 is 15.2 Å². The summed E-state index contributed by atoms with van der Waals surface area (Å²) in [5.74, 6) is -1.50. The van der Waals surface area contributed by atoms with E-state index in [9.17, 15) is 46.5 Å². The highest BCUT2D eigenvalue weighted by atomic mass is 32.2. The highest BCUT2D eigenvalue weighted by Crippen LogP contribution is 2.46. The number of phenols is 1. The summed E-state index contributed by atoms with van der Waals surface area (Å²) >= 11 is 0. The van der Waals surface area contributed by atoms with E-state index in [1.54, 1.807) is 0 Å². The zero-order valence-corrected chi connectivity index (χ0v) is 19.4. The van der Waals surface area contributed by atoms with Gasteiger partial charge in [0, 0.05) is 17.9 Å². The maximum Gasteiger partial charge on any atom is 0.295 e. The molecule has 4 N–H and O–H groups in total. The Hall–Kier alpha value is -3.63. The summed E-state index contributed by atoms with van der Waals surface area (Å²) in [6.07, 6.45) is 0. The van der Waals surface area contributed by atoms with E-state index in [1.165, 1.54) is 12.1 Å². The van der Waals surface area contributed by atoms with Crippen molar-refractivity contribution in [2.24, 2.45) is 5.11 Å². The third kappa shape index (κ3) is 5.39. The molecule has 0 bridgehead atoms. The van der Waals surface area contributed by atoms with Crippen LogP contribution in [0.15, 0.2) is 51.3 Å². The maximum absolute atomic E-state index is 12.2. The van der Waals surface area contributed by atoms with E-state index < -0.39 is 53.9 Å². The second-order valence-electron chi connectivity index (χ2n) is 7.13. The number of nitrogens with one attached hydrogen (secondary N) is 1. The summed E-state index contributed by atoms with van der Waals surface area (Å²) in [7, 11) is -9.87. The number of nitrogens with zero attached hydrogens (tertiary/aromatic N) is 2. The molecule has 0 aromatic heterocycles. The van der Waals surface area contributed by atoms with Crippen LogP contribution in [0.5, 0.6) is 11.5 Å². The van der Waals surface area contributed by atoms with Crippen molar-refractivity contribution >= 4 is 48.3 Å². The third-order valence-electron chi connectivity index (χ3n) is 4.73. The summed E-state index contributed by atoms with van der Waals surface area (Å²) in [4.78, 5) is 10.1. The van der Waals surface area contributed by atoms with Gasteiger partial charge in [0.1, 0.15) is 35.3 Å². The number of fused-ring (bicyclic) bond motifs is 1. The Kier molecular flexibility index (Phi) is 7.09. The van der Waals surface area contributed by atoms with Crippen LogP contribution >= 0.6 is 0 Å². The van der Waals surface area contributed by atoms with E-state index >= 15 is 0 Å². The number of amides is 1. The van der Waals surface area contributed by atoms with Gasteiger partial charge in [-0.2, -0.15) is 16.8 Å². The molecule has 0 aliphatic heterocycles. The summed E-state index contributed by atoms with van der Waals surface area (Å²) < 4.78 is 72.2. The Bertz CT molecular complexity index is 1570. The number of benzene rings is 3. The first-order valence-electron chi connectivity index (χ1n) is 9.54. The average Bonchev–Trinajstić information content (AvgIpc) is 2.75. The lowest BCUT2D eigenvalue weighted by Gasteiger charge is -2.17. The topological polar surface area (TPSA) is 222 Å². The minimum Gasteiger partial charge on any atom is -0.507 e. The van der Waals surface area contributed by atoms with Crippen LogP contribution in [0.3, 0.4) is 0 Å². The van der Waals surface area contributed by atoms with Crippen LogP contribution in [-0.2, 0) is 30.1 Å². The van der Waals surface area contributed by atoms with Crippen molar-refractivity contribution in [2.45, 2.75) is 16.7 Å². The SMILES string of the molecule is CC(=O)Nc1cc(S(=O)(=O)O)cc2cc(S(=O)(=O)O)c(-c3ccc(OCC[O])c(N=[N])c3)c(O)c12. The minimum absolute atomic E-state index is 0.0301. The predicted molar refractivity (Wildman–Crippen MR) is 120 cm³/mol. The van der Waals surface area contributed by atoms with E-state index in [0.29, 0.717) is 0 Å². The predicted octanol–water partition coefficient (Wildman–Crippen LogP) is 2.36. The largest absolute Gasteiger partial charge is 0.507 e. The lowest BCUT2D eigenvalue weighted by molar-refractivity contribution is -0.114. The molecular formula is C20H17N3O10S2. The number of carbonyl (C=O) groups excluding carboxylic acids is 1. The Balaban J connectivity index is 2.46. The number of ether oxygens (including phenoxy) is 1. The van der Waals surface area contributed by atoms with Crippen LogP contribution in [0, 0.1) is 0 Å². The molecule has 3 aromatic rings. The zero-order chi connectivity index (χ0) is 26.1. The number of aromatic hydroxyl groups is 1. The Labute approximate surface area is 199 Å². The van der Waals surface area contributed by atoms with Gasteiger partial charge >= 0.3 is 0 Å². The highest BCUT2D eigenvalue weighted by Gasteiger charge is 2.26. The number of phenolic OH excluding ortho intramolecular Hbond substituents is 1. The molecule has 0 aliphatic carbocycles. The first-order valence-corrected chi connectivity index (χ1v) is 12.4. The van der Waals surface area contributed by atoms with Crippen molar-refractivity contribution in [3.05, 3.63) is 36.4 Å². The highest BCUT2D eigenvalue weighted by molar-refractivity contribution is 7.86. The van der Waals surface area contributed by atoms with Gasteiger partial charge in [-0.3, -0.25) is 13.9 Å². The fourth-order valence-electron chi connectivity index (χ4n) is 3.41. The van der Waals surface area contributed by atoms with Crippen LogP contribution in [-0.4, -0.2) is 50.2 Å². The lowest BCUT2D eigenvalue weighted by Crippen LogP contribution is -2.09. The van der Waals surface area contributed by atoms with Crippen molar-refractivity contribution in [1.82, 2.24) is 5.53 Å². The molecule has 0 fully saturated rings. The normalized spacial score (nSPS) is 11.9. The van der Waals surface area contributed by atoms with Crippen molar-refractivity contribution in [1.29, 1.82) is 0 Å². The maximum atomic E-state index is 12.2. The fourth-order valence-corrected chi connectivity index (χ4v) is 4.71. The molecule has 0 unspecified atom stereocenters. The van der Waals surface area contributed by atoms with Gasteiger partial charge in [-0.15, -0.1) is 5.11 Å².